The molecule has 1 amide bonds. The van der Waals surface area contributed by atoms with Gasteiger partial charge >= 0.3 is 0 Å². The molecule has 152 valence electrons. The van der Waals surface area contributed by atoms with Crippen molar-refractivity contribution >= 4 is 17.2 Å². The number of imidazole rings is 1. The zero-order chi connectivity index (χ0) is 20.2. The van der Waals surface area contributed by atoms with Crippen molar-refractivity contribution in [2.75, 3.05) is 19.0 Å². The molecule has 0 radical (unpaired) electrons. The number of ether oxygens (including phenoxy) is 2. The van der Waals surface area contributed by atoms with E-state index in [-0.39, 0.29) is 17.7 Å². The van der Waals surface area contributed by atoms with Gasteiger partial charge in [-0.2, -0.15) is 0 Å². The average Bonchev–Trinajstić information content (AvgIpc) is 3.38. The second kappa shape index (κ2) is 8.53. The molecule has 3 aromatic rings. The van der Waals surface area contributed by atoms with Crippen LogP contribution >= 0.6 is 0 Å². The lowest BCUT2D eigenvalue weighted by Crippen LogP contribution is -2.29. The third-order valence-corrected chi connectivity index (χ3v) is 5.52. The number of hydrogen-bond donors (Lipinski definition) is 2. The van der Waals surface area contributed by atoms with E-state index in [0.717, 1.165) is 30.6 Å². The topological polar surface area (TPSA) is 90.9 Å². The molecule has 3 N–H and O–H groups in total. The Morgan fingerprint density at radius 1 is 1.28 bits per heavy atom. The normalized spacial score (nSPS) is 18.7. The number of nitrogens with one attached hydrogen (secondary N) is 1. The number of methoxy groups -OCH3 is 1. The molecule has 29 heavy (non-hydrogen) atoms. The Labute approximate surface area is 169 Å². The molecule has 1 saturated carbocycles. The van der Waals surface area contributed by atoms with Crippen molar-refractivity contribution in [3.8, 4) is 11.5 Å². The Balaban J connectivity index is 1.47. The van der Waals surface area contributed by atoms with Crippen LogP contribution in [0.4, 0.5) is 5.69 Å². The molecule has 2 atom stereocenters. The smallest absolute Gasteiger partial charge is 0.227 e. The number of aromatic nitrogens is 2. The molecular formula is C22H26N4O3. The van der Waals surface area contributed by atoms with E-state index < -0.39 is 0 Å². The highest BCUT2D eigenvalue weighted by Gasteiger charge is 2.32. The molecule has 2 heterocycles. The van der Waals surface area contributed by atoms with Gasteiger partial charge in [0.15, 0.2) is 11.5 Å². The zero-order valence-corrected chi connectivity index (χ0v) is 16.5. The van der Waals surface area contributed by atoms with Crippen LogP contribution in [0, 0.1) is 11.8 Å². The van der Waals surface area contributed by atoms with E-state index >= 15 is 0 Å². The highest BCUT2D eigenvalue weighted by molar-refractivity contribution is 5.93. The fourth-order valence-corrected chi connectivity index (χ4v) is 3.97. The minimum Gasteiger partial charge on any atom is -0.493 e. The summed E-state index contributed by atoms with van der Waals surface area (Å²) < 4.78 is 13.3. The number of carbonyl (C=O) groups excluding carboxylic acids is 1. The molecule has 1 aliphatic carbocycles. The van der Waals surface area contributed by atoms with Crippen LogP contribution in [0.15, 0.2) is 48.8 Å². The Morgan fingerprint density at radius 3 is 2.97 bits per heavy atom. The van der Waals surface area contributed by atoms with Gasteiger partial charge in [0.25, 0.3) is 0 Å². The van der Waals surface area contributed by atoms with Crippen molar-refractivity contribution in [1.29, 1.82) is 0 Å². The molecule has 0 bridgehead atoms. The van der Waals surface area contributed by atoms with Gasteiger partial charge in [-0.1, -0.05) is 12.5 Å². The van der Waals surface area contributed by atoms with Crippen LogP contribution in [0.1, 0.15) is 25.0 Å². The molecule has 0 aliphatic heterocycles. The lowest BCUT2D eigenvalue weighted by Gasteiger charge is -2.18. The van der Waals surface area contributed by atoms with Crippen LogP contribution in [0.25, 0.3) is 5.65 Å². The minimum atomic E-state index is -0.0237. The third kappa shape index (κ3) is 4.19. The van der Waals surface area contributed by atoms with E-state index in [1.165, 1.54) is 0 Å². The molecule has 2 aromatic heterocycles. The first-order valence-corrected chi connectivity index (χ1v) is 9.92. The van der Waals surface area contributed by atoms with Crippen molar-refractivity contribution in [3.63, 3.8) is 0 Å². The maximum atomic E-state index is 12.7. The Hall–Kier alpha value is -3.06. The van der Waals surface area contributed by atoms with Gasteiger partial charge in [0, 0.05) is 30.1 Å². The van der Waals surface area contributed by atoms with Gasteiger partial charge in [-0.3, -0.25) is 4.79 Å². The van der Waals surface area contributed by atoms with Crippen LogP contribution < -0.4 is 20.5 Å². The summed E-state index contributed by atoms with van der Waals surface area (Å²) in [5.41, 5.74) is 8.18. The van der Waals surface area contributed by atoms with E-state index in [4.69, 9.17) is 15.2 Å². The first-order chi connectivity index (χ1) is 14.2. The van der Waals surface area contributed by atoms with Gasteiger partial charge in [0.1, 0.15) is 12.3 Å². The van der Waals surface area contributed by atoms with Gasteiger partial charge < -0.3 is 24.9 Å². The number of rotatable bonds is 7. The largest absolute Gasteiger partial charge is 0.493 e. The fraction of sp³-hybridized carbons (Fsp3) is 0.364. The lowest BCUT2D eigenvalue weighted by atomic mass is 9.95. The van der Waals surface area contributed by atoms with Gasteiger partial charge in [0.2, 0.25) is 5.91 Å². The summed E-state index contributed by atoms with van der Waals surface area (Å²) in [5.74, 6) is 1.43. The maximum Gasteiger partial charge on any atom is 0.227 e. The van der Waals surface area contributed by atoms with Crippen LogP contribution in [0.5, 0.6) is 11.5 Å². The maximum absolute atomic E-state index is 12.7. The first kappa shape index (κ1) is 19.3. The third-order valence-electron chi connectivity index (χ3n) is 5.52. The van der Waals surface area contributed by atoms with Crippen molar-refractivity contribution in [1.82, 2.24) is 9.38 Å². The summed E-state index contributed by atoms with van der Waals surface area (Å²) >= 11 is 0. The Kier molecular flexibility index (Phi) is 5.67. The summed E-state index contributed by atoms with van der Waals surface area (Å²) in [6.45, 7) is 0.849. The number of anilines is 1. The lowest BCUT2D eigenvalue weighted by molar-refractivity contribution is -0.120. The summed E-state index contributed by atoms with van der Waals surface area (Å²) in [7, 11) is 1.59. The van der Waals surface area contributed by atoms with E-state index in [0.29, 0.717) is 30.3 Å². The molecule has 1 aliphatic rings. The molecule has 0 saturated heterocycles. The summed E-state index contributed by atoms with van der Waals surface area (Å²) in [4.78, 5) is 17.2. The van der Waals surface area contributed by atoms with Crippen molar-refractivity contribution < 1.29 is 14.3 Å². The van der Waals surface area contributed by atoms with Gasteiger partial charge in [-0.15, -0.1) is 0 Å². The number of nitrogens with zero attached hydrogens (tertiary/aromatic N) is 2. The molecule has 0 spiro atoms. The van der Waals surface area contributed by atoms with E-state index in [1.807, 2.05) is 41.1 Å². The molecule has 7 nitrogen and oxygen atoms in total. The van der Waals surface area contributed by atoms with Crippen LogP contribution in [-0.4, -0.2) is 28.9 Å². The second-order valence-electron chi connectivity index (χ2n) is 7.38. The molecule has 7 heteroatoms. The average molecular weight is 394 g/mol. The standard InChI is InChI=1S/C22H26N4O3/c1-28-19-9-8-16(25-22(27)18-6-4-5-15(18)12-23)11-20(19)29-14-17-13-26-10-3-2-7-21(26)24-17/h2-3,7-11,13,15,18H,4-6,12,14,23H2,1H3,(H,25,27)/t15-,18-/m1/s1. The number of benzene rings is 1. The van der Waals surface area contributed by atoms with Crippen molar-refractivity contribution in [2.24, 2.45) is 17.6 Å². The summed E-state index contributed by atoms with van der Waals surface area (Å²) in [6.07, 6.45) is 6.84. The minimum absolute atomic E-state index is 0.0226. The van der Waals surface area contributed by atoms with Gasteiger partial charge in [0.05, 0.1) is 12.8 Å². The van der Waals surface area contributed by atoms with Crippen LogP contribution in [-0.2, 0) is 11.4 Å². The van der Waals surface area contributed by atoms with E-state index in [2.05, 4.69) is 10.3 Å². The van der Waals surface area contributed by atoms with E-state index in [1.54, 1.807) is 19.2 Å². The number of fused-ring (bicyclic) bond motifs is 1. The number of pyridine rings is 1. The second-order valence-corrected chi connectivity index (χ2v) is 7.38. The number of hydrogen-bond acceptors (Lipinski definition) is 5. The van der Waals surface area contributed by atoms with Crippen LogP contribution in [0.3, 0.4) is 0 Å². The van der Waals surface area contributed by atoms with E-state index in [9.17, 15) is 4.79 Å². The first-order valence-electron chi connectivity index (χ1n) is 9.92. The number of carbonyl (C=O) groups is 1. The summed E-state index contributed by atoms with van der Waals surface area (Å²) in [5, 5.41) is 3.01. The van der Waals surface area contributed by atoms with Gasteiger partial charge in [-0.05, 0) is 49.6 Å². The Morgan fingerprint density at radius 2 is 2.17 bits per heavy atom. The molecular weight excluding hydrogens is 368 g/mol. The summed E-state index contributed by atoms with van der Waals surface area (Å²) in [6, 6.07) is 11.2. The monoisotopic (exact) mass is 394 g/mol. The molecule has 1 aromatic carbocycles. The van der Waals surface area contributed by atoms with Crippen molar-refractivity contribution in [3.05, 3.63) is 54.5 Å². The fourth-order valence-electron chi connectivity index (χ4n) is 3.97. The molecule has 1 fully saturated rings. The highest BCUT2D eigenvalue weighted by atomic mass is 16.5. The molecule has 4 rings (SSSR count). The Bertz CT molecular complexity index is 968. The highest BCUT2D eigenvalue weighted by Crippen LogP contribution is 2.34. The molecule has 0 unspecified atom stereocenters. The number of amides is 1. The predicted octanol–water partition coefficient (Wildman–Crippen LogP) is 3.24. The quantitative estimate of drug-likeness (QED) is 0.642. The zero-order valence-electron chi connectivity index (χ0n) is 16.5. The number of nitrogens with two attached hydrogens (primary N) is 1. The van der Waals surface area contributed by atoms with Gasteiger partial charge in [-0.25, -0.2) is 4.98 Å². The van der Waals surface area contributed by atoms with Crippen molar-refractivity contribution in [2.45, 2.75) is 25.9 Å². The predicted molar refractivity (Wildman–Crippen MR) is 111 cm³/mol. The SMILES string of the molecule is COc1ccc(NC(=O)[C@@H]2CCC[C@@H]2CN)cc1OCc1cn2ccccc2n1. The van der Waals surface area contributed by atoms with Crippen LogP contribution in [0.2, 0.25) is 0 Å².